The zero-order valence-electron chi connectivity index (χ0n) is 9.17. The second-order valence-corrected chi connectivity index (χ2v) is 4.05. The molecule has 0 fully saturated rings. The van der Waals surface area contributed by atoms with Gasteiger partial charge in [0.05, 0.1) is 18.0 Å². The second kappa shape index (κ2) is 6.09. The number of carbonyl (C=O) groups excluding carboxylic acids is 2. The molecule has 0 bridgehead atoms. The molecular weight excluding hydrogens is 246 g/mol. The lowest BCUT2D eigenvalue weighted by molar-refractivity contribution is -0.380. The molecule has 0 saturated heterocycles. The van der Waals surface area contributed by atoms with Crippen LogP contribution in [0.25, 0.3) is 0 Å². The molecule has 0 aliphatic carbocycles. The van der Waals surface area contributed by atoms with Crippen molar-refractivity contribution >= 4 is 28.1 Å². The van der Waals surface area contributed by atoms with E-state index in [2.05, 4.69) is 4.74 Å². The highest BCUT2D eigenvalue weighted by molar-refractivity contribution is 7.13. The van der Waals surface area contributed by atoms with Gasteiger partial charge in [-0.15, -0.1) is 0 Å². The van der Waals surface area contributed by atoms with Gasteiger partial charge >= 0.3 is 11.0 Å². The largest absolute Gasteiger partial charge is 0.466 e. The van der Waals surface area contributed by atoms with E-state index >= 15 is 0 Å². The van der Waals surface area contributed by atoms with Gasteiger partial charge in [0.25, 0.3) is 0 Å². The van der Waals surface area contributed by atoms with Crippen LogP contribution >= 0.6 is 11.3 Å². The zero-order valence-corrected chi connectivity index (χ0v) is 9.99. The Kier molecular flexibility index (Phi) is 4.77. The molecule has 0 saturated carbocycles. The van der Waals surface area contributed by atoms with E-state index in [-0.39, 0.29) is 35.8 Å². The van der Waals surface area contributed by atoms with Gasteiger partial charge in [0.2, 0.25) is 0 Å². The molecule has 92 valence electrons. The van der Waals surface area contributed by atoms with E-state index in [9.17, 15) is 19.7 Å². The van der Waals surface area contributed by atoms with Crippen LogP contribution in [0.3, 0.4) is 0 Å². The van der Waals surface area contributed by atoms with Gasteiger partial charge in [-0.05, 0) is 6.92 Å². The van der Waals surface area contributed by atoms with E-state index in [0.29, 0.717) is 0 Å². The number of ether oxygens (including phenoxy) is 1. The van der Waals surface area contributed by atoms with Gasteiger partial charge in [-0.2, -0.15) is 0 Å². The molecular formula is C10H11NO5S. The summed E-state index contributed by atoms with van der Waals surface area (Å²) in [4.78, 5) is 32.4. The van der Waals surface area contributed by atoms with Crippen LogP contribution in [0.5, 0.6) is 0 Å². The monoisotopic (exact) mass is 257 g/mol. The maximum Gasteiger partial charge on any atom is 0.324 e. The van der Waals surface area contributed by atoms with Crippen molar-refractivity contribution in [3.63, 3.8) is 0 Å². The van der Waals surface area contributed by atoms with Crippen molar-refractivity contribution in [3.05, 3.63) is 27.1 Å². The number of hydrogen-bond donors (Lipinski definition) is 0. The lowest BCUT2D eigenvalue weighted by Crippen LogP contribution is -2.07. The summed E-state index contributed by atoms with van der Waals surface area (Å²) in [7, 11) is 0. The summed E-state index contributed by atoms with van der Waals surface area (Å²) in [5.74, 6) is -0.729. The molecule has 1 rings (SSSR count). The maximum atomic E-state index is 11.6. The van der Waals surface area contributed by atoms with E-state index in [1.807, 2.05) is 0 Å². The van der Waals surface area contributed by atoms with Crippen LogP contribution in [-0.2, 0) is 9.53 Å². The molecule has 1 aromatic rings. The standard InChI is InChI=1S/C10H11NO5S/c1-2-16-10(13)4-3-8(12)7-5-9(11(14)15)17-6-7/h5-6H,2-4H2,1H3. The third-order valence-corrected chi connectivity index (χ3v) is 2.83. The van der Waals surface area contributed by atoms with E-state index in [4.69, 9.17) is 0 Å². The number of carbonyl (C=O) groups is 2. The molecule has 0 spiro atoms. The van der Waals surface area contributed by atoms with Crippen molar-refractivity contribution in [2.75, 3.05) is 6.61 Å². The van der Waals surface area contributed by atoms with Crippen LogP contribution in [0.15, 0.2) is 11.4 Å². The molecule has 1 heterocycles. The number of rotatable bonds is 6. The molecule has 0 amide bonds. The quantitative estimate of drug-likeness (QED) is 0.337. The molecule has 0 unspecified atom stereocenters. The number of thiophene rings is 1. The average molecular weight is 257 g/mol. The molecule has 0 atom stereocenters. The first-order chi connectivity index (χ1) is 8.04. The molecule has 1 aromatic heterocycles. The first kappa shape index (κ1) is 13.3. The number of Topliss-reactive ketones (excluding diaryl/α,β-unsaturated/α-hetero) is 1. The van der Waals surface area contributed by atoms with Crippen molar-refractivity contribution in [2.45, 2.75) is 19.8 Å². The van der Waals surface area contributed by atoms with E-state index in [0.717, 1.165) is 11.3 Å². The molecule has 6 nitrogen and oxygen atoms in total. The third-order valence-electron chi connectivity index (χ3n) is 1.95. The summed E-state index contributed by atoms with van der Waals surface area (Å²) in [6.45, 7) is 1.96. The molecule has 7 heteroatoms. The predicted molar refractivity (Wildman–Crippen MR) is 61.2 cm³/mol. The number of nitrogens with zero attached hydrogens (tertiary/aromatic N) is 1. The first-order valence-electron chi connectivity index (χ1n) is 4.96. The topological polar surface area (TPSA) is 86.5 Å². The van der Waals surface area contributed by atoms with Gasteiger partial charge < -0.3 is 4.74 Å². The number of hydrogen-bond acceptors (Lipinski definition) is 6. The van der Waals surface area contributed by atoms with Crippen LogP contribution in [0.1, 0.15) is 30.1 Å². The molecule has 0 N–H and O–H groups in total. The van der Waals surface area contributed by atoms with Crippen LogP contribution in [0.2, 0.25) is 0 Å². The molecule has 0 aromatic carbocycles. The highest BCUT2D eigenvalue weighted by atomic mass is 32.1. The molecule has 0 radical (unpaired) electrons. The van der Waals surface area contributed by atoms with Crippen molar-refractivity contribution in [2.24, 2.45) is 0 Å². The fraction of sp³-hybridized carbons (Fsp3) is 0.400. The third kappa shape index (κ3) is 3.95. The number of ketones is 1. The Morgan fingerprint density at radius 2 is 2.18 bits per heavy atom. The normalized spacial score (nSPS) is 9.94. The summed E-state index contributed by atoms with van der Waals surface area (Å²) in [6, 6.07) is 1.22. The lowest BCUT2D eigenvalue weighted by atomic mass is 10.1. The van der Waals surface area contributed by atoms with Gasteiger partial charge in [0.15, 0.2) is 5.78 Å². The Morgan fingerprint density at radius 1 is 1.47 bits per heavy atom. The Balaban J connectivity index is 2.52. The van der Waals surface area contributed by atoms with Gasteiger partial charge in [-0.1, -0.05) is 11.3 Å². The highest BCUT2D eigenvalue weighted by Crippen LogP contribution is 2.23. The fourth-order valence-electron chi connectivity index (χ4n) is 1.16. The van der Waals surface area contributed by atoms with E-state index in [1.165, 1.54) is 11.4 Å². The SMILES string of the molecule is CCOC(=O)CCC(=O)c1csc([N+](=O)[O-])c1. The van der Waals surface area contributed by atoms with Gasteiger partial charge in [-0.25, -0.2) is 0 Å². The smallest absolute Gasteiger partial charge is 0.324 e. The van der Waals surface area contributed by atoms with Crippen molar-refractivity contribution in [1.29, 1.82) is 0 Å². The predicted octanol–water partition coefficient (Wildman–Crippen LogP) is 2.18. The van der Waals surface area contributed by atoms with Crippen molar-refractivity contribution in [1.82, 2.24) is 0 Å². The van der Waals surface area contributed by atoms with Crippen LogP contribution in [-0.4, -0.2) is 23.3 Å². The van der Waals surface area contributed by atoms with Crippen molar-refractivity contribution in [3.8, 4) is 0 Å². The van der Waals surface area contributed by atoms with Crippen LogP contribution in [0.4, 0.5) is 5.00 Å². The van der Waals surface area contributed by atoms with E-state index < -0.39 is 10.9 Å². The van der Waals surface area contributed by atoms with Gasteiger partial charge in [0, 0.05) is 23.4 Å². The Bertz CT molecular complexity index is 440. The van der Waals surface area contributed by atoms with Crippen molar-refractivity contribution < 1.29 is 19.2 Å². The molecule has 17 heavy (non-hydrogen) atoms. The second-order valence-electron chi connectivity index (χ2n) is 3.16. The summed E-state index contributed by atoms with van der Waals surface area (Å²) in [6.07, 6.45) is 0.00301. The summed E-state index contributed by atoms with van der Waals surface area (Å²) < 4.78 is 4.67. The minimum absolute atomic E-state index is 0.00365. The Morgan fingerprint density at radius 3 is 2.71 bits per heavy atom. The maximum absolute atomic E-state index is 11.6. The Hall–Kier alpha value is -1.76. The minimum atomic E-state index is -0.549. The highest BCUT2D eigenvalue weighted by Gasteiger charge is 2.16. The van der Waals surface area contributed by atoms with Gasteiger partial charge in [0.1, 0.15) is 0 Å². The van der Waals surface area contributed by atoms with E-state index in [1.54, 1.807) is 6.92 Å². The first-order valence-corrected chi connectivity index (χ1v) is 5.84. The molecule has 0 aliphatic rings. The number of nitro groups is 1. The zero-order chi connectivity index (χ0) is 12.8. The van der Waals surface area contributed by atoms with Crippen LogP contribution < -0.4 is 0 Å². The molecule has 0 aliphatic heterocycles. The Labute approximate surface area is 101 Å². The summed E-state index contributed by atoms with van der Waals surface area (Å²) >= 11 is 0.894. The lowest BCUT2D eigenvalue weighted by Gasteiger charge is -1.99. The summed E-state index contributed by atoms with van der Waals surface area (Å²) in [5, 5.41) is 11.8. The van der Waals surface area contributed by atoms with Crippen LogP contribution in [0, 0.1) is 10.1 Å². The fourth-order valence-corrected chi connectivity index (χ4v) is 1.89. The summed E-state index contributed by atoms with van der Waals surface area (Å²) in [5.41, 5.74) is 0.269. The van der Waals surface area contributed by atoms with Gasteiger partial charge in [-0.3, -0.25) is 19.7 Å². The average Bonchev–Trinajstić information content (AvgIpc) is 2.75. The minimum Gasteiger partial charge on any atom is -0.466 e. The number of esters is 1.